The number of carboxylic acid groups (broad SMARTS) is 1. The SMILES string of the molecule is CN(C)CCCOc1ccccc1CC(=O)O. The molecule has 0 amide bonds. The molecule has 4 heteroatoms. The smallest absolute Gasteiger partial charge is 0.307 e. The van der Waals surface area contributed by atoms with E-state index < -0.39 is 5.97 Å². The standard InChI is InChI=1S/C13H19NO3/c1-14(2)8-5-9-17-12-7-4-3-6-11(12)10-13(15)16/h3-4,6-7H,5,8-10H2,1-2H3,(H,15,16). The molecule has 0 radical (unpaired) electrons. The third kappa shape index (κ3) is 5.36. The molecule has 17 heavy (non-hydrogen) atoms. The molecule has 1 rings (SSSR count). The highest BCUT2D eigenvalue weighted by Gasteiger charge is 2.06. The van der Waals surface area contributed by atoms with Crippen molar-refractivity contribution in [2.75, 3.05) is 27.2 Å². The van der Waals surface area contributed by atoms with Crippen molar-refractivity contribution >= 4 is 5.97 Å². The summed E-state index contributed by atoms with van der Waals surface area (Å²) in [6.45, 7) is 1.57. The average molecular weight is 237 g/mol. The highest BCUT2D eigenvalue weighted by Crippen LogP contribution is 2.18. The fraction of sp³-hybridized carbons (Fsp3) is 0.462. The first-order valence-corrected chi connectivity index (χ1v) is 5.67. The molecule has 0 aromatic heterocycles. The van der Waals surface area contributed by atoms with Crippen molar-refractivity contribution in [1.82, 2.24) is 4.90 Å². The lowest BCUT2D eigenvalue weighted by molar-refractivity contribution is -0.136. The number of benzene rings is 1. The molecular weight excluding hydrogens is 218 g/mol. The first kappa shape index (κ1) is 13.5. The van der Waals surface area contributed by atoms with Crippen molar-refractivity contribution in [2.45, 2.75) is 12.8 Å². The summed E-state index contributed by atoms with van der Waals surface area (Å²) in [5.74, 6) is -0.164. The lowest BCUT2D eigenvalue weighted by Gasteiger charge is -2.12. The number of nitrogens with zero attached hydrogens (tertiary/aromatic N) is 1. The highest BCUT2D eigenvalue weighted by molar-refractivity contribution is 5.71. The molecule has 0 fully saturated rings. The van der Waals surface area contributed by atoms with Gasteiger partial charge in [0.15, 0.2) is 0 Å². The van der Waals surface area contributed by atoms with Gasteiger partial charge in [-0.15, -0.1) is 0 Å². The molecule has 1 N–H and O–H groups in total. The monoisotopic (exact) mass is 237 g/mol. The maximum atomic E-state index is 10.7. The van der Waals surface area contributed by atoms with E-state index in [-0.39, 0.29) is 6.42 Å². The zero-order valence-electron chi connectivity index (χ0n) is 10.3. The summed E-state index contributed by atoms with van der Waals surface area (Å²) in [5.41, 5.74) is 0.727. The summed E-state index contributed by atoms with van der Waals surface area (Å²) in [5, 5.41) is 8.77. The van der Waals surface area contributed by atoms with E-state index in [1.54, 1.807) is 6.07 Å². The van der Waals surface area contributed by atoms with Crippen molar-refractivity contribution in [2.24, 2.45) is 0 Å². The molecule has 94 valence electrons. The van der Waals surface area contributed by atoms with Gasteiger partial charge < -0.3 is 14.7 Å². The molecule has 0 spiro atoms. The molecule has 0 unspecified atom stereocenters. The van der Waals surface area contributed by atoms with Crippen LogP contribution in [0.1, 0.15) is 12.0 Å². The number of rotatable bonds is 7. The van der Waals surface area contributed by atoms with E-state index in [1.165, 1.54) is 0 Å². The molecule has 0 saturated heterocycles. The first-order chi connectivity index (χ1) is 8.09. The minimum atomic E-state index is -0.839. The molecular formula is C13H19NO3. The van der Waals surface area contributed by atoms with Crippen LogP contribution in [0, 0.1) is 0 Å². The van der Waals surface area contributed by atoms with Crippen LogP contribution in [0.15, 0.2) is 24.3 Å². The van der Waals surface area contributed by atoms with Gasteiger partial charge in [0.25, 0.3) is 0 Å². The number of hydrogen-bond acceptors (Lipinski definition) is 3. The first-order valence-electron chi connectivity index (χ1n) is 5.67. The van der Waals surface area contributed by atoms with Crippen LogP contribution in [0.5, 0.6) is 5.75 Å². The van der Waals surface area contributed by atoms with E-state index in [0.29, 0.717) is 12.4 Å². The Morgan fingerprint density at radius 3 is 2.71 bits per heavy atom. The predicted octanol–water partition coefficient (Wildman–Crippen LogP) is 1.64. The second-order valence-electron chi connectivity index (χ2n) is 4.18. The van der Waals surface area contributed by atoms with Crippen molar-refractivity contribution in [3.63, 3.8) is 0 Å². The fourth-order valence-corrected chi connectivity index (χ4v) is 1.52. The summed E-state index contributed by atoms with van der Waals surface area (Å²) in [6, 6.07) is 7.28. The van der Waals surface area contributed by atoms with Gasteiger partial charge >= 0.3 is 5.97 Å². The molecule has 0 heterocycles. The molecule has 1 aromatic carbocycles. The van der Waals surface area contributed by atoms with Crippen LogP contribution in [0.2, 0.25) is 0 Å². The van der Waals surface area contributed by atoms with E-state index in [9.17, 15) is 4.79 Å². The van der Waals surface area contributed by atoms with E-state index in [4.69, 9.17) is 9.84 Å². The molecule has 0 bridgehead atoms. The summed E-state index contributed by atoms with van der Waals surface area (Å²) < 4.78 is 5.60. The number of carbonyl (C=O) groups is 1. The van der Waals surface area contributed by atoms with E-state index >= 15 is 0 Å². The van der Waals surface area contributed by atoms with E-state index in [1.807, 2.05) is 32.3 Å². The van der Waals surface area contributed by atoms with Crippen LogP contribution in [0.4, 0.5) is 0 Å². The molecule has 0 aliphatic rings. The zero-order chi connectivity index (χ0) is 12.7. The summed E-state index contributed by atoms with van der Waals surface area (Å²) >= 11 is 0. The Morgan fingerprint density at radius 2 is 2.06 bits per heavy atom. The largest absolute Gasteiger partial charge is 0.493 e. The fourth-order valence-electron chi connectivity index (χ4n) is 1.52. The average Bonchev–Trinajstić information content (AvgIpc) is 2.25. The van der Waals surface area contributed by atoms with Gasteiger partial charge in [-0.1, -0.05) is 18.2 Å². The second kappa shape index (κ2) is 6.91. The van der Waals surface area contributed by atoms with Crippen molar-refractivity contribution in [3.8, 4) is 5.75 Å². The third-order valence-electron chi connectivity index (χ3n) is 2.32. The number of para-hydroxylation sites is 1. The zero-order valence-corrected chi connectivity index (χ0v) is 10.3. The molecule has 0 aliphatic carbocycles. The number of hydrogen-bond donors (Lipinski definition) is 1. The van der Waals surface area contributed by atoms with Crippen LogP contribution in [-0.4, -0.2) is 43.2 Å². The maximum absolute atomic E-state index is 10.7. The quantitative estimate of drug-likeness (QED) is 0.732. The van der Waals surface area contributed by atoms with Crippen molar-refractivity contribution in [1.29, 1.82) is 0 Å². The van der Waals surface area contributed by atoms with Crippen LogP contribution < -0.4 is 4.74 Å². The minimum Gasteiger partial charge on any atom is -0.493 e. The lowest BCUT2D eigenvalue weighted by atomic mass is 10.1. The van der Waals surface area contributed by atoms with Gasteiger partial charge in [0.2, 0.25) is 0 Å². The van der Waals surface area contributed by atoms with Gasteiger partial charge in [-0.05, 0) is 26.6 Å². The van der Waals surface area contributed by atoms with Gasteiger partial charge in [-0.25, -0.2) is 0 Å². The molecule has 4 nitrogen and oxygen atoms in total. The van der Waals surface area contributed by atoms with Gasteiger partial charge in [0, 0.05) is 12.1 Å². The maximum Gasteiger partial charge on any atom is 0.307 e. The van der Waals surface area contributed by atoms with Crippen LogP contribution in [-0.2, 0) is 11.2 Å². The second-order valence-corrected chi connectivity index (χ2v) is 4.18. The van der Waals surface area contributed by atoms with Crippen LogP contribution >= 0.6 is 0 Å². The summed E-state index contributed by atoms with van der Waals surface area (Å²) in [4.78, 5) is 12.8. The molecule has 0 aliphatic heterocycles. The van der Waals surface area contributed by atoms with Gasteiger partial charge in [-0.3, -0.25) is 4.79 Å². The number of aliphatic carboxylic acids is 1. The van der Waals surface area contributed by atoms with Gasteiger partial charge in [0.1, 0.15) is 5.75 Å². The summed E-state index contributed by atoms with van der Waals surface area (Å²) in [6.07, 6.45) is 0.929. The van der Waals surface area contributed by atoms with Gasteiger partial charge in [0.05, 0.1) is 13.0 Å². The van der Waals surface area contributed by atoms with E-state index in [0.717, 1.165) is 18.5 Å². The highest BCUT2D eigenvalue weighted by atomic mass is 16.5. The Balaban J connectivity index is 2.49. The molecule has 0 atom stereocenters. The van der Waals surface area contributed by atoms with Crippen molar-refractivity contribution in [3.05, 3.63) is 29.8 Å². The molecule has 1 aromatic rings. The van der Waals surface area contributed by atoms with Crippen LogP contribution in [0.25, 0.3) is 0 Å². The third-order valence-corrected chi connectivity index (χ3v) is 2.32. The van der Waals surface area contributed by atoms with Crippen LogP contribution in [0.3, 0.4) is 0 Å². The number of ether oxygens (including phenoxy) is 1. The predicted molar refractivity (Wildman–Crippen MR) is 66.4 cm³/mol. The number of carboxylic acids is 1. The topological polar surface area (TPSA) is 49.8 Å². The summed E-state index contributed by atoms with van der Waals surface area (Å²) in [7, 11) is 4.02. The lowest BCUT2D eigenvalue weighted by Crippen LogP contribution is -2.16. The normalized spacial score (nSPS) is 10.5. The Hall–Kier alpha value is -1.55. The Bertz CT molecular complexity index is 363. The van der Waals surface area contributed by atoms with Gasteiger partial charge in [-0.2, -0.15) is 0 Å². The van der Waals surface area contributed by atoms with E-state index in [2.05, 4.69) is 4.90 Å². The Morgan fingerprint density at radius 1 is 1.35 bits per heavy atom. The van der Waals surface area contributed by atoms with Crippen molar-refractivity contribution < 1.29 is 14.6 Å². The Labute approximate surface area is 102 Å². The molecule has 0 saturated carbocycles. The minimum absolute atomic E-state index is 0.00382. The Kier molecular flexibility index (Phi) is 5.49.